The Hall–Kier alpha value is -1.38. The number of benzene rings is 1. The molecule has 0 amide bonds. The van der Waals surface area contributed by atoms with Crippen LogP contribution in [0.2, 0.25) is 5.02 Å². The molecule has 0 aliphatic carbocycles. The van der Waals surface area contributed by atoms with Crippen LogP contribution >= 0.6 is 11.6 Å². The van der Waals surface area contributed by atoms with E-state index in [1.165, 1.54) is 7.05 Å². The van der Waals surface area contributed by atoms with Gasteiger partial charge < -0.3 is 5.73 Å². The van der Waals surface area contributed by atoms with Crippen molar-refractivity contribution in [3.63, 3.8) is 0 Å². The number of anilines is 1. The topological polar surface area (TPSA) is 115 Å². The van der Waals surface area contributed by atoms with Gasteiger partial charge >= 0.3 is 0 Å². The number of rotatable bonds is 3. The highest BCUT2D eigenvalue weighted by Gasteiger charge is 2.21. The fourth-order valence-corrected chi connectivity index (χ4v) is 2.06. The zero-order valence-electron chi connectivity index (χ0n) is 8.10. The first kappa shape index (κ1) is 12.7. The van der Waals surface area contributed by atoms with E-state index in [1.807, 2.05) is 4.72 Å². The molecule has 0 unspecified atom stereocenters. The van der Waals surface area contributed by atoms with Gasteiger partial charge in [0.25, 0.3) is 5.69 Å². The van der Waals surface area contributed by atoms with E-state index < -0.39 is 20.6 Å². The van der Waals surface area contributed by atoms with Crippen molar-refractivity contribution in [1.82, 2.24) is 4.72 Å². The van der Waals surface area contributed by atoms with Gasteiger partial charge in [-0.2, -0.15) is 0 Å². The van der Waals surface area contributed by atoms with Gasteiger partial charge in [0.1, 0.15) is 5.69 Å². The fourth-order valence-electron chi connectivity index (χ4n) is 1.00. The number of nitrogen functional groups attached to an aromatic ring is 1. The largest absolute Gasteiger partial charge is 0.392 e. The van der Waals surface area contributed by atoms with Crippen LogP contribution in [0.15, 0.2) is 17.0 Å². The molecule has 1 aromatic rings. The molecule has 0 fully saturated rings. The molecule has 0 saturated carbocycles. The highest BCUT2D eigenvalue weighted by molar-refractivity contribution is 7.89. The first-order valence-electron chi connectivity index (χ1n) is 3.96. The summed E-state index contributed by atoms with van der Waals surface area (Å²) in [5, 5.41) is 10.4. The maximum Gasteiger partial charge on any atom is 0.295 e. The second-order valence-corrected chi connectivity index (χ2v) is 5.10. The van der Waals surface area contributed by atoms with Gasteiger partial charge in [0.05, 0.1) is 14.8 Å². The lowest BCUT2D eigenvalue weighted by molar-refractivity contribution is -0.384. The Balaban J connectivity index is 3.53. The molecule has 0 spiro atoms. The maximum atomic E-state index is 11.4. The van der Waals surface area contributed by atoms with Crippen molar-refractivity contribution in [2.75, 3.05) is 12.8 Å². The molecule has 3 N–H and O–H groups in total. The van der Waals surface area contributed by atoms with Crippen LogP contribution in [0, 0.1) is 10.1 Å². The van der Waals surface area contributed by atoms with Crippen LogP contribution < -0.4 is 10.5 Å². The lowest BCUT2D eigenvalue weighted by Crippen LogP contribution is -2.18. The number of nitrogens with two attached hydrogens (primary N) is 1. The molecular weight excluding hydrogens is 258 g/mol. The van der Waals surface area contributed by atoms with Gasteiger partial charge in [-0.3, -0.25) is 10.1 Å². The first-order chi connectivity index (χ1) is 7.29. The first-order valence-corrected chi connectivity index (χ1v) is 5.82. The van der Waals surface area contributed by atoms with Gasteiger partial charge in [-0.05, 0) is 13.1 Å². The summed E-state index contributed by atoms with van der Waals surface area (Å²) in [7, 11) is -2.60. The minimum Gasteiger partial charge on any atom is -0.392 e. The number of hydrogen-bond acceptors (Lipinski definition) is 5. The number of nitrogens with one attached hydrogen (secondary N) is 1. The Bertz CT molecular complexity index is 543. The molecule has 1 aromatic carbocycles. The maximum absolute atomic E-state index is 11.4. The van der Waals surface area contributed by atoms with Gasteiger partial charge in [-0.25, -0.2) is 13.1 Å². The molecule has 9 heteroatoms. The zero-order valence-corrected chi connectivity index (χ0v) is 9.67. The van der Waals surface area contributed by atoms with Crippen molar-refractivity contribution in [3.05, 3.63) is 27.3 Å². The molecule has 0 aliphatic rings. The molecule has 16 heavy (non-hydrogen) atoms. The molecule has 0 radical (unpaired) electrons. The van der Waals surface area contributed by atoms with Crippen molar-refractivity contribution in [3.8, 4) is 0 Å². The van der Waals surface area contributed by atoms with Crippen molar-refractivity contribution >= 4 is 33.0 Å². The summed E-state index contributed by atoms with van der Waals surface area (Å²) in [6, 6.07) is 1.91. The van der Waals surface area contributed by atoms with Gasteiger partial charge in [0.15, 0.2) is 0 Å². The predicted molar refractivity (Wildman–Crippen MR) is 58.8 cm³/mol. The molecule has 0 atom stereocenters. The molecule has 0 saturated heterocycles. The third-order valence-corrected chi connectivity index (χ3v) is 3.56. The van der Waals surface area contributed by atoms with Crippen LogP contribution in [0.25, 0.3) is 0 Å². The number of halogens is 1. The van der Waals surface area contributed by atoms with Crippen molar-refractivity contribution < 1.29 is 13.3 Å². The van der Waals surface area contributed by atoms with Crippen LogP contribution in [-0.4, -0.2) is 20.4 Å². The summed E-state index contributed by atoms with van der Waals surface area (Å²) in [6.45, 7) is 0. The van der Waals surface area contributed by atoms with E-state index in [1.54, 1.807) is 0 Å². The highest BCUT2D eigenvalue weighted by Crippen LogP contribution is 2.32. The summed E-state index contributed by atoms with van der Waals surface area (Å²) in [5.74, 6) is 0. The summed E-state index contributed by atoms with van der Waals surface area (Å²) in [5.41, 5.74) is 4.55. The average molecular weight is 266 g/mol. The van der Waals surface area contributed by atoms with Gasteiger partial charge in [0, 0.05) is 6.07 Å². The smallest absolute Gasteiger partial charge is 0.295 e. The molecule has 0 aliphatic heterocycles. The second-order valence-electron chi connectivity index (χ2n) is 2.80. The minimum absolute atomic E-state index is 0.178. The van der Waals surface area contributed by atoms with Gasteiger partial charge in [-0.15, -0.1) is 0 Å². The number of hydrogen-bond donors (Lipinski definition) is 2. The van der Waals surface area contributed by atoms with Crippen molar-refractivity contribution in [2.45, 2.75) is 4.90 Å². The van der Waals surface area contributed by atoms with Crippen LogP contribution in [-0.2, 0) is 10.0 Å². The molecule has 1 rings (SSSR count). The summed E-state index contributed by atoms with van der Waals surface area (Å²) >= 11 is 5.60. The number of nitro groups is 1. The van der Waals surface area contributed by atoms with Crippen molar-refractivity contribution in [2.24, 2.45) is 0 Å². The molecule has 7 nitrogen and oxygen atoms in total. The molecule has 0 aromatic heterocycles. The van der Waals surface area contributed by atoms with Gasteiger partial charge in [-0.1, -0.05) is 11.6 Å². The Labute approximate surface area is 96.4 Å². The van der Waals surface area contributed by atoms with Crippen LogP contribution in [0.5, 0.6) is 0 Å². The van der Waals surface area contributed by atoms with E-state index in [-0.39, 0.29) is 15.6 Å². The van der Waals surface area contributed by atoms with E-state index in [4.69, 9.17) is 17.3 Å². The zero-order chi connectivity index (χ0) is 12.5. The molecular formula is C7H8ClN3O4S. The number of nitro benzene ring substituents is 1. The highest BCUT2D eigenvalue weighted by atomic mass is 35.5. The quantitative estimate of drug-likeness (QED) is 0.475. The molecule has 88 valence electrons. The Morgan fingerprint density at radius 2 is 2.06 bits per heavy atom. The lowest BCUT2D eigenvalue weighted by atomic mass is 10.3. The summed E-state index contributed by atoms with van der Waals surface area (Å²) < 4.78 is 24.8. The van der Waals surface area contributed by atoms with E-state index in [2.05, 4.69) is 0 Å². The number of nitrogens with zero attached hydrogens (tertiary/aromatic N) is 1. The average Bonchev–Trinajstić information content (AvgIpc) is 2.21. The summed E-state index contributed by atoms with van der Waals surface area (Å²) in [4.78, 5) is 9.49. The SMILES string of the molecule is CNS(=O)(=O)c1cc(Cl)c(N)c([N+](=O)[O-])c1. The lowest BCUT2D eigenvalue weighted by Gasteiger charge is -2.05. The molecule has 0 heterocycles. The van der Waals surface area contributed by atoms with E-state index in [0.29, 0.717) is 0 Å². The van der Waals surface area contributed by atoms with E-state index in [9.17, 15) is 18.5 Å². The minimum atomic E-state index is -3.79. The van der Waals surface area contributed by atoms with Crippen LogP contribution in [0.1, 0.15) is 0 Å². The van der Waals surface area contributed by atoms with Gasteiger partial charge in [0.2, 0.25) is 10.0 Å². The normalized spacial score (nSPS) is 11.4. The molecule has 0 bridgehead atoms. The monoisotopic (exact) mass is 265 g/mol. The summed E-state index contributed by atoms with van der Waals surface area (Å²) in [6.07, 6.45) is 0. The standard InChI is InChI=1S/C7H8ClN3O4S/c1-10-16(14,15)4-2-5(8)7(9)6(3-4)11(12)13/h2-3,10H,9H2,1H3. The van der Waals surface area contributed by atoms with Crippen molar-refractivity contribution in [1.29, 1.82) is 0 Å². The fraction of sp³-hybridized carbons (Fsp3) is 0.143. The number of sulfonamides is 1. The predicted octanol–water partition coefficient (Wildman–Crippen LogP) is 0.738. The second kappa shape index (κ2) is 4.24. The Kier molecular flexibility index (Phi) is 3.36. The van der Waals surface area contributed by atoms with Crippen LogP contribution in [0.4, 0.5) is 11.4 Å². The van der Waals surface area contributed by atoms with E-state index >= 15 is 0 Å². The third kappa shape index (κ3) is 2.23. The Morgan fingerprint density at radius 1 is 1.50 bits per heavy atom. The Morgan fingerprint density at radius 3 is 2.50 bits per heavy atom. The van der Waals surface area contributed by atoms with Crippen LogP contribution in [0.3, 0.4) is 0 Å². The third-order valence-electron chi connectivity index (χ3n) is 1.86. The van der Waals surface area contributed by atoms with E-state index in [0.717, 1.165) is 12.1 Å².